The van der Waals surface area contributed by atoms with Gasteiger partial charge in [0, 0.05) is 10.9 Å². The molecular weight excluding hydrogens is 268 g/mol. The van der Waals surface area contributed by atoms with Gasteiger partial charge in [0.15, 0.2) is 0 Å². The lowest BCUT2D eigenvalue weighted by Gasteiger charge is -2.35. The van der Waals surface area contributed by atoms with E-state index in [0.717, 1.165) is 17.3 Å². The first-order valence-electron chi connectivity index (χ1n) is 5.51. The summed E-state index contributed by atoms with van der Waals surface area (Å²) in [6.07, 6.45) is 2.79. The quantitative estimate of drug-likeness (QED) is 0.793. The number of methoxy groups -OCH3 is 1. The van der Waals surface area contributed by atoms with E-state index in [4.69, 9.17) is 0 Å². The number of benzene rings is 1. The zero-order valence-corrected chi connectivity index (χ0v) is 10.9. The van der Waals surface area contributed by atoms with Gasteiger partial charge in [0.1, 0.15) is 0 Å². The summed E-state index contributed by atoms with van der Waals surface area (Å²) >= 11 is 3.43. The third kappa shape index (κ3) is 2.64. The molecule has 0 unspecified atom stereocenters. The van der Waals surface area contributed by atoms with E-state index >= 15 is 0 Å². The third-order valence-corrected chi connectivity index (χ3v) is 3.79. The molecule has 1 saturated carbocycles. The van der Waals surface area contributed by atoms with Crippen LogP contribution in [0.3, 0.4) is 0 Å². The van der Waals surface area contributed by atoms with E-state index in [9.17, 15) is 4.79 Å². The Labute approximate surface area is 104 Å². The van der Waals surface area contributed by atoms with E-state index in [1.807, 2.05) is 0 Å². The number of hydrogen-bond acceptors (Lipinski definition) is 2. The summed E-state index contributed by atoms with van der Waals surface area (Å²) in [5.41, 5.74) is 1.38. The van der Waals surface area contributed by atoms with Crippen molar-refractivity contribution in [3.05, 3.63) is 34.3 Å². The number of carbonyl (C=O) groups excluding carboxylic acids is 1. The minimum absolute atomic E-state index is 0.0840. The second kappa shape index (κ2) is 5.00. The molecule has 16 heavy (non-hydrogen) atoms. The second-order valence-electron chi connectivity index (χ2n) is 4.37. The first-order chi connectivity index (χ1) is 7.69. The topological polar surface area (TPSA) is 26.3 Å². The Balaban J connectivity index is 1.84. The van der Waals surface area contributed by atoms with E-state index in [-0.39, 0.29) is 5.97 Å². The SMILES string of the molecule is COC(=O)CC1CC(c2ccc(Br)cc2)C1. The van der Waals surface area contributed by atoms with Gasteiger partial charge in [-0.05, 0) is 42.4 Å². The van der Waals surface area contributed by atoms with Crippen molar-refractivity contribution in [2.45, 2.75) is 25.2 Å². The molecule has 1 aliphatic rings. The molecule has 3 heteroatoms. The van der Waals surface area contributed by atoms with Crippen LogP contribution >= 0.6 is 15.9 Å². The third-order valence-electron chi connectivity index (χ3n) is 3.26. The summed E-state index contributed by atoms with van der Waals surface area (Å²) in [4.78, 5) is 11.1. The molecule has 0 amide bonds. The van der Waals surface area contributed by atoms with Crippen LogP contribution in [-0.2, 0) is 9.53 Å². The van der Waals surface area contributed by atoms with E-state index in [1.165, 1.54) is 12.7 Å². The zero-order chi connectivity index (χ0) is 11.5. The van der Waals surface area contributed by atoms with Gasteiger partial charge >= 0.3 is 5.97 Å². The van der Waals surface area contributed by atoms with Crippen molar-refractivity contribution in [2.75, 3.05) is 7.11 Å². The average molecular weight is 283 g/mol. The lowest BCUT2D eigenvalue weighted by atomic mass is 9.70. The summed E-state index contributed by atoms with van der Waals surface area (Å²) in [6, 6.07) is 8.46. The smallest absolute Gasteiger partial charge is 0.305 e. The monoisotopic (exact) mass is 282 g/mol. The Bertz CT molecular complexity index is 366. The summed E-state index contributed by atoms with van der Waals surface area (Å²) in [7, 11) is 1.45. The van der Waals surface area contributed by atoms with Gasteiger partial charge in [-0.2, -0.15) is 0 Å². The average Bonchev–Trinajstić information content (AvgIpc) is 2.24. The van der Waals surface area contributed by atoms with Crippen molar-refractivity contribution in [3.8, 4) is 0 Å². The molecule has 0 saturated heterocycles. The molecule has 1 fully saturated rings. The number of rotatable bonds is 3. The minimum atomic E-state index is -0.0840. The van der Waals surface area contributed by atoms with Crippen molar-refractivity contribution in [2.24, 2.45) is 5.92 Å². The molecule has 1 aliphatic carbocycles. The number of esters is 1. The second-order valence-corrected chi connectivity index (χ2v) is 5.28. The Kier molecular flexibility index (Phi) is 3.64. The van der Waals surface area contributed by atoms with Gasteiger partial charge in [-0.1, -0.05) is 28.1 Å². The Hall–Kier alpha value is -0.830. The Morgan fingerprint density at radius 3 is 2.56 bits per heavy atom. The molecule has 0 aliphatic heterocycles. The van der Waals surface area contributed by atoms with Gasteiger partial charge in [-0.25, -0.2) is 0 Å². The predicted molar refractivity (Wildman–Crippen MR) is 66.2 cm³/mol. The van der Waals surface area contributed by atoms with Crippen molar-refractivity contribution in [1.82, 2.24) is 0 Å². The molecule has 2 rings (SSSR count). The molecule has 2 nitrogen and oxygen atoms in total. The fraction of sp³-hybridized carbons (Fsp3) is 0.462. The number of hydrogen-bond donors (Lipinski definition) is 0. The van der Waals surface area contributed by atoms with Gasteiger partial charge in [-0.15, -0.1) is 0 Å². The molecule has 0 bridgehead atoms. The Morgan fingerprint density at radius 2 is 2.00 bits per heavy atom. The highest BCUT2D eigenvalue weighted by Crippen LogP contribution is 2.43. The Morgan fingerprint density at radius 1 is 1.38 bits per heavy atom. The molecule has 0 N–H and O–H groups in total. The van der Waals surface area contributed by atoms with Crippen LogP contribution in [0.5, 0.6) is 0 Å². The molecule has 0 radical (unpaired) electrons. The van der Waals surface area contributed by atoms with Gasteiger partial charge in [0.05, 0.1) is 7.11 Å². The minimum Gasteiger partial charge on any atom is -0.469 e. The molecule has 0 aromatic heterocycles. The summed E-state index contributed by atoms with van der Waals surface area (Å²) in [5.74, 6) is 1.06. The van der Waals surface area contributed by atoms with Crippen molar-refractivity contribution in [1.29, 1.82) is 0 Å². The van der Waals surface area contributed by atoms with Crippen LogP contribution in [0.1, 0.15) is 30.7 Å². The van der Waals surface area contributed by atoms with Gasteiger partial charge < -0.3 is 4.74 Å². The first kappa shape index (κ1) is 11.6. The van der Waals surface area contributed by atoms with Crippen LogP contribution in [0.15, 0.2) is 28.7 Å². The maximum atomic E-state index is 11.1. The van der Waals surface area contributed by atoms with Gasteiger partial charge in [0.25, 0.3) is 0 Å². The largest absolute Gasteiger partial charge is 0.469 e. The number of carbonyl (C=O) groups is 1. The number of halogens is 1. The van der Waals surface area contributed by atoms with Crippen LogP contribution in [-0.4, -0.2) is 13.1 Å². The van der Waals surface area contributed by atoms with E-state index in [0.29, 0.717) is 18.3 Å². The van der Waals surface area contributed by atoms with Crippen molar-refractivity contribution < 1.29 is 9.53 Å². The normalized spacial score (nSPS) is 23.6. The molecule has 0 spiro atoms. The zero-order valence-electron chi connectivity index (χ0n) is 9.28. The maximum absolute atomic E-state index is 11.1. The van der Waals surface area contributed by atoms with Crippen LogP contribution in [0.2, 0.25) is 0 Å². The summed E-state index contributed by atoms with van der Waals surface area (Å²) < 4.78 is 5.78. The van der Waals surface area contributed by atoms with Crippen LogP contribution in [0, 0.1) is 5.92 Å². The van der Waals surface area contributed by atoms with E-state index in [1.54, 1.807) is 0 Å². The van der Waals surface area contributed by atoms with E-state index < -0.39 is 0 Å². The fourth-order valence-electron chi connectivity index (χ4n) is 2.23. The lowest BCUT2D eigenvalue weighted by Crippen LogP contribution is -2.24. The first-order valence-corrected chi connectivity index (χ1v) is 6.30. The summed E-state index contributed by atoms with van der Waals surface area (Å²) in [6.45, 7) is 0. The molecule has 1 aromatic carbocycles. The van der Waals surface area contributed by atoms with Crippen molar-refractivity contribution in [3.63, 3.8) is 0 Å². The standard InChI is InChI=1S/C13H15BrO2/c1-16-13(15)8-9-6-11(7-9)10-2-4-12(14)5-3-10/h2-5,9,11H,6-8H2,1H3. The predicted octanol–water partition coefficient (Wildman–Crippen LogP) is 3.51. The van der Waals surface area contributed by atoms with Crippen LogP contribution < -0.4 is 0 Å². The van der Waals surface area contributed by atoms with Gasteiger partial charge in [-0.3, -0.25) is 4.79 Å². The van der Waals surface area contributed by atoms with E-state index in [2.05, 4.69) is 44.9 Å². The highest BCUT2D eigenvalue weighted by atomic mass is 79.9. The van der Waals surface area contributed by atoms with Crippen LogP contribution in [0.4, 0.5) is 0 Å². The highest BCUT2D eigenvalue weighted by Gasteiger charge is 2.31. The molecule has 86 valence electrons. The lowest BCUT2D eigenvalue weighted by molar-refractivity contribution is -0.142. The van der Waals surface area contributed by atoms with Gasteiger partial charge in [0.2, 0.25) is 0 Å². The molecule has 0 heterocycles. The molecule has 0 atom stereocenters. The van der Waals surface area contributed by atoms with Crippen molar-refractivity contribution >= 4 is 21.9 Å². The van der Waals surface area contributed by atoms with Crippen LogP contribution in [0.25, 0.3) is 0 Å². The summed E-state index contributed by atoms with van der Waals surface area (Å²) in [5, 5.41) is 0. The number of ether oxygens (including phenoxy) is 1. The highest BCUT2D eigenvalue weighted by molar-refractivity contribution is 9.10. The molecular formula is C13H15BrO2. The maximum Gasteiger partial charge on any atom is 0.305 e. The fourth-order valence-corrected chi connectivity index (χ4v) is 2.49. The molecule has 1 aromatic rings.